The Balaban J connectivity index is 1.86. The highest BCUT2D eigenvalue weighted by Gasteiger charge is 2.43. The standard InChI is InChI=1S/C9H15NO3/c1-6(8-7(2)13-8)10-9(3-11)4-12-5-9/h7-8,10-11H,1,3-5H2,2H3. The molecule has 0 aromatic rings. The number of rotatable bonds is 4. The maximum absolute atomic E-state index is 9.13. The third kappa shape index (κ3) is 1.57. The number of nitrogens with one attached hydrogen (secondary N) is 1. The Kier molecular flexibility index (Phi) is 2.06. The van der Waals surface area contributed by atoms with Gasteiger partial charge in [0.2, 0.25) is 0 Å². The van der Waals surface area contributed by atoms with Crippen molar-refractivity contribution >= 4 is 0 Å². The summed E-state index contributed by atoms with van der Waals surface area (Å²) < 4.78 is 10.3. The van der Waals surface area contributed by atoms with Crippen LogP contribution in [0.25, 0.3) is 0 Å². The van der Waals surface area contributed by atoms with Gasteiger partial charge in [0.15, 0.2) is 0 Å². The lowest BCUT2D eigenvalue weighted by Gasteiger charge is -2.41. The largest absolute Gasteiger partial charge is 0.394 e. The molecule has 0 aliphatic carbocycles. The van der Waals surface area contributed by atoms with Crippen molar-refractivity contribution in [2.45, 2.75) is 24.7 Å². The van der Waals surface area contributed by atoms with E-state index in [-0.39, 0.29) is 24.4 Å². The van der Waals surface area contributed by atoms with Crippen LogP contribution in [0.4, 0.5) is 0 Å². The highest BCUT2D eigenvalue weighted by Crippen LogP contribution is 2.28. The summed E-state index contributed by atoms with van der Waals surface area (Å²) in [5, 5.41) is 12.3. The number of aliphatic hydroxyl groups is 1. The first-order valence-electron chi connectivity index (χ1n) is 4.48. The number of aliphatic hydroxyl groups excluding tert-OH is 1. The topological polar surface area (TPSA) is 54.0 Å². The molecule has 2 fully saturated rings. The Morgan fingerprint density at radius 3 is 2.62 bits per heavy atom. The van der Waals surface area contributed by atoms with E-state index in [4.69, 9.17) is 14.6 Å². The van der Waals surface area contributed by atoms with Gasteiger partial charge in [0.1, 0.15) is 11.6 Å². The first kappa shape index (κ1) is 8.99. The highest BCUT2D eigenvalue weighted by molar-refractivity contribution is 5.15. The number of ether oxygens (including phenoxy) is 2. The molecule has 0 bridgehead atoms. The van der Waals surface area contributed by atoms with Gasteiger partial charge in [-0.3, -0.25) is 0 Å². The smallest absolute Gasteiger partial charge is 0.123 e. The van der Waals surface area contributed by atoms with Gasteiger partial charge in [0.05, 0.1) is 25.9 Å². The second kappa shape index (κ2) is 2.97. The lowest BCUT2D eigenvalue weighted by molar-refractivity contribution is -0.0930. The van der Waals surface area contributed by atoms with Gasteiger partial charge in [-0.25, -0.2) is 0 Å². The quantitative estimate of drug-likeness (QED) is 0.587. The summed E-state index contributed by atoms with van der Waals surface area (Å²) in [6.07, 6.45) is 0.376. The summed E-state index contributed by atoms with van der Waals surface area (Å²) in [6, 6.07) is 0. The van der Waals surface area contributed by atoms with E-state index in [0.29, 0.717) is 13.2 Å². The minimum Gasteiger partial charge on any atom is -0.394 e. The number of hydrogen-bond acceptors (Lipinski definition) is 4. The molecule has 0 radical (unpaired) electrons. The van der Waals surface area contributed by atoms with E-state index in [1.54, 1.807) is 0 Å². The van der Waals surface area contributed by atoms with Crippen LogP contribution in [0.1, 0.15) is 6.92 Å². The Morgan fingerprint density at radius 1 is 1.69 bits per heavy atom. The van der Waals surface area contributed by atoms with Crippen LogP contribution in [0.2, 0.25) is 0 Å². The van der Waals surface area contributed by atoms with Gasteiger partial charge in [0, 0.05) is 5.70 Å². The molecule has 4 nitrogen and oxygen atoms in total. The summed E-state index contributed by atoms with van der Waals surface area (Å²) >= 11 is 0. The van der Waals surface area contributed by atoms with Gasteiger partial charge < -0.3 is 19.9 Å². The third-order valence-electron chi connectivity index (χ3n) is 2.54. The molecule has 2 aliphatic rings. The molecule has 2 rings (SSSR count). The SMILES string of the molecule is C=C(NC1(CO)COC1)C1OC1C. The molecule has 0 aromatic carbocycles. The van der Waals surface area contributed by atoms with Gasteiger partial charge in [-0.15, -0.1) is 0 Å². The highest BCUT2D eigenvalue weighted by atomic mass is 16.6. The average molecular weight is 185 g/mol. The van der Waals surface area contributed by atoms with Gasteiger partial charge in [-0.1, -0.05) is 6.58 Å². The molecule has 0 amide bonds. The van der Waals surface area contributed by atoms with E-state index < -0.39 is 0 Å². The maximum atomic E-state index is 9.13. The van der Waals surface area contributed by atoms with Crippen molar-refractivity contribution in [3.8, 4) is 0 Å². The lowest BCUT2D eigenvalue weighted by atomic mass is 9.98. The summed E-state index contributed by atoms with van der Waals surface area (Å²) in [6.45, 7) is 7.05. The van der Waals surface area contributed by atoms with Crippen LogP contribution in [0, 0.1) is 0 Å². The molecule has 2 saturated heterocycles. The summed E-state index contributed by atoms with van der Waals surface area (Å²) in [5.74, 6) is 0. The van der Waals surface area contributed by atoms with Gasteiger partial charge in [-0.2, -0.15) is 0 Å². The fourth-order valence-corrected chi connectivity index (χ4v) is 1.51. The van der Waals surface area contributed by atoms with Crippen LogP contribution in [-0.2, 0) is 9.47 Å². The fraction of sp³-hybridized carbons (Fsp3) is 0.778. The third-order valence-corrected chi connectivity index (χ3v) is 2.54. The van der Waals surface area contributed by atoms with Crippen LogP contribution in [0.15, 0.2) is 12.3 Å². The molecule has 2 aliphatic heterocycles. The Labute approximate surface area is 77.5 Å². The molecule has 0 aromatic heterocycles. The molecule has 13 heavy (non-hydrogen) atoms. The summed E-state index contributed by atoms with van der Waals surface area (Å²) in [7, 11) is 0. The average Bonchev–Trinajstić information content (AvgIpc) is 2.75. The van der Waals surface area contributed by atoms with E-state index in [2.05, 4.69) is 11.9 Å². The normalized spacial score (nSPS) is 34.9. The van der Waals surface area contributed by atoms with Crippen LogP contribution in [0.5, 0.6) is 0 Å². The zero-order valence-corrected chi connectivity index (χ0v) is 7.75. The number of epoxide rings is 1. The maximum Gasteiger partial charge on any atom is 0.123 e. The van der Waals surface area contributed by atoms with Crippen LogP contribution >= 0.6 is 0 Å². The monoisotopic (exact) mass is 185 g/mol. The molecule has 4 heteroatoms. The first-order valence-corrected chi connectivity index (χ1v) is 4.48. The van der Waals surface area contributed by atoms with Crippen LogP contribution in [0.3, 0.4) is 0 Å². The van der Waals surface area contributed by atoms with Crippen molar-refractivity contribution in [1.29, 1.82) is 0 Å². The molecular formula is C9H15NO3. The molecule has 2 N–H and O–H groups in total. The summed E-state index contributed by atoms with van der Waals surface area (Å²) in [4.78, 5) is 0. The van der Waals surface area contributed by atoms with Gasteiger partial charge in [0.25, 0.3) is 0 Å². The lowest BCUT2D eigenvalue weighted by Crippen LogP contribution is -2.62. The molecule has 74 valence electrons. The second-order valence-corrected chi connectivity index (χ2v) is 3.84. The van der Waals surface area contributed by atoms with Gasteiger partial charge >= 0.3 is 0 Å². The minimum absolute atomic E-state index is 0.0765. The molecule has 2 unspecified atom stereocenters. The second-order valence-electron chi connectivity index (χ2n) is 3.84. The zero-order chi connectivity index (χ0) is 9.47. The Bertz CT molecular complexity index is 219. The minimum atomic E-state index is -0.303. The fourth-order valence-electron chi connectivity index (χ4n) is 1.51. The predicted octanol–water partition coefficient (Wildman–Crippen LogP) is -0.362. The predicted molar refractivity (Wildman–Crippen MR) is 47.2 cm³/mol. The molecule has 2 heterocycles. The van der Waals surface area contributed by atoms with E-state index in [0.717, 1.165) is 5.70 Å². The molecule has 0 spiro atoms. The van der Waals surface area contributed by atoms with Gasteiger partial charge in [-0.05, 0) is 6.92 Å². The number of hydrogen-bond donors (Lipinski definition) is 2. The summed E-state index contributed by atoms with van der Waals surface area (Å²) in [5.41, 5.74) is 0.549. The first-order chi connectivity index (χ1) is 6.17. The van der Waals surface area contributed by atoms with E-state index in [1.165, 1.54) is 0 Å². The van der Waals surface area contributed by atoms with Crippen molar-refractivity contribution in [1.82, 2.24) is 5.32 Å². The van der Waals surface area contributed by atoms with Crippen LogP contribution in [-0.4, -0.2) is 42.7 Å². The molecule has 0 saturated carbocycles. The van der Waals surface area contributed by atoms with E-state index in [9.17, 15) is 0 Å². The van der Waals surface area contributed by atoms with Crippen molar-refractivity contribution < 1.29 is 14.6 Å². The van der Waals surface area contributed by atoms with E-state index in [1.807, 2.05) is 6.92 Å². The van der Waals surface area contributed by atoms with E-state index >= 15 is 0 Å². The molecule has 2 atom stereocenters. The van der Waals surface area contributed by atoms with Crippen molar-refractivity contribution in [2.75, 3.05) is 19.8 Å². The Morgan fingerprint density at radius 2 is 2.31 bits per heavy atom. The zero-order valence-electron chi connectivity index (χ0n) is 7.75. The molecular weight excluding hydrogens is 170 g/mol. The van der Waals surface area contributed by atoms with Crippen molar-refractivity contribution in [2.24, 2.45) is 0 Å². The van der Waals surface area contributed by atoms with Crippen molar-refractivity contribution in [3.05, 3.63) is 12.3 Å². The van der Waals surface area contributed by atoms with Crippen LogP contribution < -0.4 is 5.32 Å². The van der Waals surface area contributed by atoms with Crippen molar-refractivity contribution in [3.63, 3.8) is 0 Å². The Hall–Kier alpha value is -0.580.